The first kappa shape index (κ1) is 31.1. The molecule has 1 aliphatic carbocycles. The number of methoxy groups -OCH3 is 3. The number of phenols is 4. The molecule has 0 aromatic heterocycles. The lowest BCUT2D eigenvalue weighted by Gasteiger charge is -2.39. The number of carbonyl (C=O) groups is 2. The van der Waals surface area contributed by atoms with Crippen molar-refractivity contribution in [3.63, 3.8) is 0 Å². The fraction of sp³-hybridized carbons (Fsp3) is 0.200. The highest BCUT2D eigenvalue weighted by Gasteiger charge is 2.45. The average Bonchev–Trinajstić information content (AvgIpc) is 3.05. The second kappa shape index (κ2) is 11.2. The van der Waals surface area contributed by atoms with Gasteiger partial charge in [0, 0.05) is 28.8 Å². The van der Waals surface area contributed by atoms with Crippen LogP contribution in [0.1, 0.15) is 54.1 Å². The lowest BCUT2D eigenvalue weighted by atomic mass is 9.80. The molecule has 1 unspecified atom stereocenters. The monoisotopic (exact) mass is 642 g/mol. The number of aromatic hydroxyl groups is 4. The van der Waals surface area contributed by atoms with Crippen molar-refractivity contribution in [2.75, 3.05) is 27.9 Å². The molecule has 4 aromatic carbocycles. The van der Waals surface area contributed by atoms with Crippen LogP contribution >= 0.6 is 0 Å². The molecule has 0 amide bonds. The Balaban J connectivity index is 0.000000166. The molecule has 0 saturated heterocycles. The number of phenolic OH excluding ortho intramolecular Hbond substituents is 4. The van der Waals surface area contributed by atoms with Crippen LogP contribution in [-0.4, -0.2) is 70.8 Å². The van der Waals surface area contributed by atoms with E-state index in [9.17, 15) is 35.1 Å². The zero-order valence-corrected chi connectivity index (χ0v) is 25.9. The summed E-state index contributed by atoms with van der Waals surface area (Å²) in [4.78, 5) is 25.1. The molecule has 12 heteroatoms. The second-order valence-corrected chi connectivity index (χ2v) is 11.1. The molecule has 0 fully saturated rings. The maximum absolute atomic E-state index is 12.6. The van der Waals surface area contributed by atoms with Crippen molar-refractivity contribution < 1.29 is 58.8 Å². The smallest absolute Gasteiger partial charge is 0.270 e. The van der Waals surface area contributed by atoms with Gasteiger partial charge in [-0.15, -0.1) is 0 Å². The number of fused-ring (bicyclic) bond motifs is 6. The Morgan fingerprint density at radius 2 is 1.26 bits per heavy atom. The summed E-state index contributed by atoms with van der Waals surface area (Å²) in [7, 11) is 4.71. The fourth-order valence-electron chi connectivity index (χ4n) is 5.85. The van der Waals surface area contributed by atoms with E-state index in [1.54, 1.807) is 39.5 Å². The third-order valence-electron chi connectivity index (χ3n) is 8.27. The Morgan fingerprint density at radius 3 is 1.79 bits per heavy atom. The minimum absolute atomic E-state index is 0.0298. The number of benzene rings is 4. The molecular formula is C35H30O12. The minimum atomic E-state index is -1.58. The highest BCUT2D eigenvalue weighted by atomic mass is 16.7. The molecular weight excluding hydrogens is 612 g/mol. The Labute approximate surface area is 268 Å². The van der Waals surface area contributed by atoms with Gasteiger partial charge >= 0.3 is 0 Å². The summed E-state index contributed by atoms with van der Waals surface area (Å²) >= 11 is 0. The molecule has 2 aliphatic heterocycles. The molecule has 4 aromatic rings. The third kappa shape index (κ3) is 4.81. The largest absolute Gasteiger partial charge is 0.507 e. The van der Waals surface area contributed by atoms with E-state index in [-0.39, 0.29) is 40.0 Å². The lowest BCUT2D eigenvalue weighted by molar-refractivity contribution is -0.116. The first-order valence-corrected chi connectivity index (χ1v) is 14.2. The molecule has 3 aliphatic rings. The van der Waals surface area contributed by atoms with Crippen molar-refractivity contribution in [1.29, 1.82) is 0 Å². The number of aryl methyl sites for hydroxylation is 2. The Kier molecular flexibility index (Phi) is 7.40. The van der Waals surface area contributed by atoms with Crippen molar-refractivity contribution in [1.82, 2.24) is 0 Å². The molecule has 0 bridgehead atoms. The molecule has 242 valence electrons. The molecule has 0 spiro atoms. The molecule has 0 radical (unpaired) electrons. The van der Waals surface area contributed by atoms with Gasteiger partial charge < -0.3 is 49.2 Å². The second-order valence-electron chi connectivity index (χ2n) is 11.1. The van der Waals surface area contributed by atoms with Gasteiger partial charge in [0.05, 0.1) is 43.6 Å². The topological polar surface area (TPSA) is 181 Å². The number of ketones is 2. The lowest BCUT2D eigenvalue weighted by Crippen LogP contribution is -2.47. The molecule has 7 rings (SSSR count). The summed E-state index contributed by atoms with van der Waals surface area (Å²) in [6.07, 6.45) is 1.89. The van der Waals surface area contributed by atoms with E-state index >= 15 is 0 Å². The van der Waals surface area contributed by atoms with Gasteiger partial charge in [0.15, 0.2) is 18.1 Å². The minimum Gasteiger partial charge on any atom is -0.507 e. The van der Waals surface area contributed by atoms with Gasteiger partial charge in [-0.3, -0.25) is 9.59 Å². The number of hydrogen-bond acceptors (Lipinski definition) is 12. The fourth-order valence-corrected chi connectivity index (χ4v) is 5.85. The van der Waals surface area contributed by atoms with Gasteiger partial charge in [-0.25, -0.2) is 0 Å². The van der Waals surface area contributed by atoms with Gasteiger partial charge in [0.25, 0.3) is 5.79 Å². The van der Waals surface area contributed by atoms with Crippen LogP contribution in [-0.2, 0) is 0 Å². The van der Waals surface area contributed by atoms with E-state index in [2.05, 4.69) is 0 Å². The van der Waals surface area contributed by atoms with E-state index in [0.717, 1.165) is 17.7 Å². The zero-order valence-electron chi connectivity index (χ0n) is 25.9. The SMILES string of the molecule is COc1ccc2c(c1)OC1(O)COc3cc(OC)c(OC)cc3C1=C2.Cc1cc(O)c2c(c1O)C(=O)c1c(O)cc(C)c(O)c1C2=O. The molecule has 12 nitrogen and oxygen atoms in total. The van der Waals surface area contributed by atoms with Crippen molar-refractivity contribution in [3.05, 3.63) is 87.0 Å². The predicted molar refractivity (Wildman–Crippen MR) is 167 cm³/mol. The average molecular weight is 643 g/mol. The number of aliphatic hydroxyl groups is 1. The summed E-state index contributed by atoms with van der Waals surface area (Å²) in [6.45, 7) is 2.90. The summed E-state index contributed by atoms with van der Waals surface area (Å²) in [5.41, 5.74) is 1.13. The van der Waals surface area contributed by atoms with Crippen molar-refractivity contribution in [2.45, 2.75) is 19.6 Å². The van der Waals surface area contributed by atoms with Crippen LogP contribution in [0.25, 0.3) is 11.6 Å². The number of carbonyl (C=O) groups excluding carboxylic acids is 2. The molecule has 5 N–H and O–H groups in total. The van der Waals surface area contributed by atoms with Crippen LogP contribution in [0.5, 0.6) is 51.7 Å². The maximum atomic E-state index is 12.6. The molecule has 47 heavy (non-hydrogen) atoms. The standard InChI is InChI=1S/C19H18O6.C16H12O6/c1-21-12-5-4-11-6-14-13-8-17(22-2)18(23-3)9-16(13)24-10-19(14,20)25-15(11)7-12;1-5-3-7(17)9-11(13(5)19)15(21)10-8(18)4-6(2)14(20)12(10)16(9)22/h4-9,20H,10H2,1-3H3;3-4,17-20H,1-2H3. The van der Waals surface area contributed by atoms with Crippen LogP contribution in [0.4, 0.5) is 0 Å². The van der Waals surface area contributed by atoms with Crippen molar-refractivity contribution in [3.8, 4) is 51.7 Å². The van der Waals surface area contributed by atoms with E-state index < -0.39 is 40.4 Å². The number of ether oxygens (including phenoxy) is 5. The van der Waals surface area contributed by atoms with Crippen LogP contribution in [0.15, 0.2) is 42.5 Å². The maximum Gasteiger partial charge on any atom is 0.270 e. The van der Waals surface area contributed by atoms with Crippen LogP contribution < -0.4 is 23.7 Å². The summed E-state index contributed by atoms with van der Waals surface area (Å²) in [6, 6.07) is 11.3. The Morgan fingerprint density at radius 1 is 0.702 bits per heavy atom. The first-order chi connectivity index (χ1) is 22.3. The van der Waals surface area contributed by atoms with Crippen LogP contribution in [0.2, 0.25) is 0 Å². The highest BCUT2D eigenvalue weighted by Crippen LogP contribution is 2.49. The molecule has 0 saturated carbocycles. The van der Waals surface area contributed by atoms with Crippen LogP contribution in [0.3, 0.4) is 0 Å². The number of rotatable bonds is 3. The van der Waals surface area contributed by atoms with Gasteiger partial charge in [-0.1, -0.05) is 0 Å². The van der Waals surface area contributed by atoms with E-state index in [1.807, 2.05) is 18.2 Å². The summed E-state index contributed by atoms with van der Waals surface area (Å²) in [5, 5.41) is 51.1. The van der Waals surface area contributed by atoms with Gasteiger partial charge in [0.1, 0.15) is 40.2 Å². The Bertz CT molecular complexity index is 1970. The van der Waals surface area contributed by atoms with E-state index in [4.69, 9.17) is 23.7 Å². The first-order valence-electron chi connectivity index (χ1n) is 14.2. The molecule has 1 atom stereocenters. The van der Waals surface area contributed by atoms with E-state index in [0.29, 0.717) is 39.9 Å². The van der Waals surface area contributed by atoms with E-state index in [1.165, 1.54) is 13.8 Å². The summed E-state index contributed by atoms with van der Waals surface area (Å²) in [5.74, 6) is -2.11. The van der Waals surface area contributed by atoms with Gasteiger partial charge in [0.2, 0.25) is 11.6 Å². The highest BCUT2D eigenvalue weighted by molar-refractivity contribution is 6.32. The predicted octanol–water partition coefficient (Wildman–Crippen LogP) is 4.63. The third-order valence-corrected chi connectivity index (χ3v) is 8.27. The van der Waals surface area contributed by atoms with Gasteiger partial charge in [-0.2, -0.15) is 0 Å². The van der Waals surface area contributed by atoms with Gasteiger partial charge in [-0.05, 0) is 61.4 Å². The number of hydrogen-bond donors (Lipinski definition) is 5. The van der Waals surface area contributed by atoms with Crippen LogP contribution in [0, 0.1) is 13.8 Å². The quantitative estimate of drug-likeness (QED) is 0.173. The van der Waals surface area contributed by atoms with Crippen molar-refractivity contribution >= 4 is 23.2 Å². The Hall–Kier alpha value is -5.88. The summed E-state index contributed by atoms with van der Waals surface area (Å²) < 4.78 is 27.5. The zero-order chi connectivity index (χ0) is 33.9. The van der Waals surface area contributed by atoms with Crippen molar-refractivity contribution in [2.24, 2.45) is 0 Å². The molecule has 2 heterocycles. The normalized spacial score (nSPS) is 16.8.